The molecule has 1 aliphatic rings. The molecule has 0 aromatic carbocycles. The highest BCUT2D eigenvalue weighted by Gasteiger charge is 2.12. The predicted molar refractivity (Wildman–Crippen MR) is 45.8 cm³/mol. The van der Waals surface area contributed by atoms with Crippen molar-refractivity contribution in [1.82, 2.24) is 0 Å². The van der Waals surface area contributed by atoms with E-state index in [4.69, 9.17) is 4.74 Å². The zero-order valence-electron chi connectivity index (χ0n) is 7.29. The third kappa shape index (κ3) is 3.65. The van der Waals surface area contributed by atoms with Crippen LogP contribution in [0.25, 0.3) is 0 Å². The van der Waals surface area contributed by atoms with Crippen LogP contribution in [0.15, 0.2) is 4.99 Å². The highest BCUT2D eigenvalue weighted by Crippen LogP contribution is 2.19. The molecule has 1 fully saturated rings. The van der Waals surface area contributed by atoms with Gasteiger partial charge in [0.25, 0.3) is 0 Å². The van der Waals surface area contributed by atoms with E-state index in [0.717, 1.165) is 0 Å². The summed E-state index contributed by atoms with van der Waals surface area (Å²) in [6.45, 7) is 1.03. The third-order valence-electron chi connectivity index (χ3n) is 2.17. The van der Waals surface area contributed by atoms with E-state index in [1.54, 1.807) is 0 Å². The minimum absolute atomic E-state index is 0.417. The normalized spacial score (nSPS) is 18.7. The van der Waals surface area contributed by atoms with Gasteiger partial charge in [-0.05, 0) is 12.8 Å². The van der Waals surface area contributed by atoms with Crippen LogP contribution in [0.1, 0.15) is 32.1 Å². The molecule has 3 heteroatoms. The zero-order chi connectivity index (χ0) is 8.65. The van der Waals surface area contributed by atoms with Gasteiger partial charge in [0, 0.05) is 0 Å². The summed E-state index contributed by atoms with van der Waals surface area (Å²) in [6, 6.07) is 0. The van der Waals surface area contributed by atoms with Gasteiger partial charge in [0.15, 0.2) is 0 Å². The van der Waals surface area contributed by atoms with Crippen LogP contribution in [-0.2, 0) is 9.53 Å². The Morgan fingerprint density at radius 2 is 2.08 bits per heavy atom. The number of hydrogen-bond acceptors (Lipinski definition) is 3. The van der Waals surface area contributed by atoms with Crippen molar-refractivity contribution in [3.63, 3.8) is 0 Å². The predicted octanol–water partition coefficient (Wildman–Crippen LogP) is 1.67. The lowest BCUT2D eigenvalue weighted by Gasteiger charge is -2.21. The van der Waals surface area contributed by atoms with Crippen molar-refractivity contribution >= 4 is 6.08 Å². The van der Waals surface area contributed by atoms with Crippen molar-refractivity contribution in [2.24, 2.45) is 4.99 Å². The standard InChI is InChI=1S/C9H15NO2/c11-8-10-6-7-12-9-4-2-1-3-5-9/h9H,1-7H2. The van der Waals surface area contributed by atoms with Crippen LogP contribution in [-0.4, -0.2) is 25.3 Å². The number of ether oxygens (including phenoxy) is 1. The minimum Gasteiger partial charge on any atom is -0.376 e. The fraction of sp³-hybridized carbons (Fsp3) is 0.889. The highest BCUT2D eigenvalue weighted by atomic mass is 16.5. The average molecular weight is 169 g/mol. The number of aliphatic imine (C=N–C) groups is 1. The summed E-state index contributed by atoms with van der Waals surface area (Å²) < 4.78 is 5.51. The molecular weight excluding hydrogens is 154 g/mol. The molecule has 1 aliphatic carbocycles. The van der Waals surface area contributed by atoms with Gasteiger partial charge in [0.2, 0.25) is 6.08 Å². The Morgan fingerprint density at radius 1 is 1.33 bits per heavy atom. The van der Waals surface area contributed by atoms with Gasteiger partial charge in [-0.1, -0.05) is 19.3 Å². The van der Waals surface area contributed by atoms with Gasteiger partial charge < -0.3 is 4.74 Å². The number of hydrogen-bond donors (Lipinski definition) is 0. The van der Waals surface area contributed by atoms with Gasteiger partial charge in [0.1, 0.15) is 0 Å². The molecule has 0 N–H and O–H groups in total. The van der Waals surface area contributed by atoms with Gasteiger partial charge in [-0.2, -0.15) is 0 Å². The molecular formula is C9H15NO2. The van der Waals surface area contributed by atoms with Gasteiger partial charge in [-0.3, -0.25) is 0 Å². The maximum absolute atomic E-state index is 9.71. The monoisotopic (exact) mass is 169 g/mol. The molecule has 1 saturated carbocycles. The van der Waals surface area contributed by atoms with Crippen LogP contribution in [0.2, 0.25) is 0 Å². The van der Waals surface area contributed by atoms with E-state index >= 15 is 0 Å². The van der Waals surface area contributed by atoms with E-state index in [1.165, 1.54) is 38.2 Å². The van der Waals surface area contributed by atoms with Crippen molar-refractivity contribution in [3.05, 3.63) is 0 Å². The minimum atomic E-state index is 0.417. The Bertz CT molecular complexity index is 158. The Balaban J connectivity index is 2.01. The van der Waals surface area contributed by atoms with Crippen molar-refractivity contribution < 1.29 is 9.53 Å². The van der Waals surface area contributed by atoms with E-state index < -0.39 is 0 Å². The van der Waals surface area contributed by atoms with Crippen molar-refractivity contribution in [3.8, 4) is 0 Å². The summed E-state index contributed by atoms with van der Waals surface area (Å²) in [4.78, 5) is 13.1. The van der Waals surface area contributed by atoms with E-state index in [9.17, 15) is 4.79 Å². The molecule has 0 aliphatic heterocycles. The van der Waals surface area contributed by atoms with Crippen LogP contribution in [0.3, 0.4) is 0 Å². The fourth-order valence-corrected chi connectivity index (χ4v) is 1.54. The molecule has 0 spiro atoms. The van der Waals surface area contributed by atoms with Crippen LogP contribution < -0.4 is 0 Å². The second-order valence-corrected chi connectivity index (χ2v) is 3.10. The molecule has 68 valence electrons. The van der Waals surface area contributed by atoms with Crippen molar-refractivity contribution in [2.45, 2.75) is 38.2 Å². The Morgan fingerprint density at radius 3 is 2.75 bits per heavy atom. The lowest BCUT2D eigenvalue weighted by Crippen LogP contribution is -2.17. The average Bonchev–Trinajstić information content (AvgIpc) is 2.14. The molecule has 0 aromatic heterocycles. The van der Waals surface area contributed by atoms with Gasteiger partial charge in [0.05, 0.1) is 19.3 Å². The van der Waals surface area contributed by atoms with E-state index in [0.29, 0.717) is 19.3 Å². The summed E-state index contributed by atoms with van der Waals surface area (Å²) in [6.07, 6.45) is 8.16. The maximum atomic E-state index is 9.71. The second-order valence-electron chi connectivity index (χ2n) is 3.10. The molecule has 0 bridgehead atoms. The van der Waals surface area contributed by atoms with Gasteiger partial charge in [-0.15, -0.1) is 0 Å². The molecule has 1 rings (SSSR count). The molecule has 0 heterocycles. The molecule has 0 saturated heterocycles. The number of nitrogens with zero attached hydrogens (tertiary/aromatic N) is 1. The van der Waals surface area contributed by atoms with Crippen molar-refractivity contribution in [1.29, 1.82) is 0 Å². The summed E-state index contributed by atoms with van der Waals surface area (Å²) in [5.74, 6) is 0. The zero-order valence-corrected chi connectivity index (χ0v) is 7.29. The molecule has 3 nitrogen and oxygen atoms in total. The Labute approximate surface area is 72.8 Å². The molecule has 12 heavy (non-hydrogen) atoms. The van der Waals surface area contributed by atoms with Crippen molar-refractivity contribution in [2.75, 3.05) is 13.2 Å². The Kier molecular flexibility index (Phi) is 4.65. The van der Waals surface area contributed by atoms with Crippen LogP contribution in [0.5, 0.6) is 0 Å². The highest BCUT2D eigenvalue weighted by molar-refractivity contribution is 5.32. The van der Waals surface area contributed by atoms with Gasteiger partial charge in [-0.25, -0.2) is 9.79 Å². The first-order chi connectivity index (χ1) is 5.93. The van der Waals surface area contributed by atoms with Gasteiger partial charge >= 0.3 is 0 Å². The SMILES string of the molecule is O=C=NCCOC1CCCCC1. The maximum Gasteiger partial charge on any atom is 0.235 e. The first kappa shape index (κ1) is 9.43. The fourth-order valence-electron chi connectivity index (χ4n) is 1.54. The Hall–Kier alpha value is -0.660. The molecule has 0 radical (unpaired) electrons. The third-order valence-corrected chi connectivity index (χ3v) is 2.17. The quantitative estimate of drug-likeness (QED) is 0.365. The summed E-state index contributed by atoms with van der Waals surface area (Å²) >= 11 is 0. The topological polar surface area (TPSA) is 38.7 Å². The molecule has 0 amide bonds. The van der Waals surface area contributed by atoms with E-state index in [2.05, 4.69) is 4.99 Å². The van der Waals surface area contributed by atoms with E-state index in [1.807, 2.05) is 0 Å². The number of rotatable bonds is 4. The lowest BCUT2D eigenvalue weighted by atomic mass is 9.98. The van der Waals surface area contributed by atoms with Crippen LogP contribution in [0, 0.1) is 0 Å². The lowest BCUT2D eigenvalue weighted by molar-refractivity contribution is 0.0335. The smallest absolute Gasteiger partial charge is 0.235 e. The molecule has 0 aromatic rings. The number of carbonyl (C=O) groups excluding carboxylic acids is 1. The summed E-state index contributed by atoms with van der Waals surface area (Å²) in [5.41, 5.74) is 0. The molecule has 0 unspecified atom stereocenters. The number of isocyanates is 1. The van der Waals surface area contributed by atoms with Crippen LogP contribution in [0.4, 0.5) is 0 Å². The first-order valence-electron chi connectivity index (χ1n) is 4.58. The first-order valence-corrected chi connectivity index (χ1v) is 4.58. The van der Waals surface area contributed by atoms with Crippen LogP contribution >= 0.6 is 0 Å². The largest absolute Gasteiger partial charge is 0.376 e. The second kappa shape index (κ2) is 5.92. The summed E-state index contributed by atoms with van der Waals surface area (Å²) in [7, 11) is 0. The molecule has 0 atom stereocenters. The van der Waals surface area contributed by atoms with E-state index in [-0.39, 0.29) is 0 Å². The summed E-state index contributed by atoms with van der Waals surface area (Å²) in [5, 5.41) is 0.